The minimum Gasteiger partial charge on any atom is -0.325 e. The number of hydrogen-bond donors (Lipinski definition) is 1. The average molecular weight is 380 g/mol. The van der Waals surface area contributed by atoms with Crippen LogP contribution in [0, 0.1) is 11.7 Å². The summed E-state index contributed by atoms with van der Waals surface area (Å²) in [7, 11) is 0. The lowest BCUT2D eigenvalue weighted by Crippen LogP contribution is -2.38. The number of likely N-dealkylation sites (tertiary alicyclic amines) is 1. The fourth-order valence-electron chi connectivity index (χ4n) is 3.28. The van der Waals surface area contributed by atoms with Crippen LogP contribution in [0.3, 0.4) is 0 Å². The average Bonchev–Trinajstić information content (AvgIpc) is 2.64. The summed E-state index contributed by atoms with van der Waals surface area (Å²) >= 11 is 0. The molecule has 1 N–H and O–H groups in total. The summed E-state index contributed by atoms with van der Waals surface area (Å²) < 4.78 is 52.1. The Bertz CT molecular complexity index is 781. The van der Waals surface area contributed by atoms with Crippen LogP contribution in [0.15, 0.2) is 48.5 Å². The Kier molecular flexibility index (Phi) is 5.79. The first-order chi connectivity index (χ1) is 12.8. The summed E-state index contributed by atoms with van der Waals surface area (Å²) in [5.74, 6) is -0.989. The Balaban J connectivity index is 1.55. The van der Waals surface area contributed by atoms with Crippen molar-refractivity contribution >= 4 is 11.6 Å². The monoisotopic (exact) mass is 380 g/mol. The second-order valence-corrected chi connectivity index (χ2v) is 6.71. The highest BCUT2D eigenvalue weighted by atomic mass is 19.4. The molecule has 0 atom stereocenters. The maximum atomic E-state index is 13.0. The molecule has 1 fully saturated rings. The molecule has 0 spiro atoms. The fraction of sp³-hybridized carbons (Fsp3) is 0.350. The first-order valence-electron chi connectivity index (χ1n) is 8.77. The molecule has 7 heteroatoms. The number of benzene rings is 2. The molecule has 0 aromatic heterocycles. The van der Waals surface area contributed by atoms with Gasteiger partial charge in [-0.1, -0.05) is 24.3 Å². The van der Waals surface area contributed by atoms with Gasteiger partial charge in [0, 0.05) is 12.5 Å². The minimum absolute atomic E-state index is 0.205. The molecule has 1 heterocycles. The van der Waals surface area contributed by atoms with Crippen LogP contribution in [0.1, 0.15) is 24.0 Å². The van der Waals surface area contributed by atoms with Gasteiger partial charge < -0.3 is 5.32 Å². The lowest BCUT2D eigenvalue weighted by atomic mass is 9.95. The van der Waals surface area contributed by atoms with Crippen LogP contribution in [0.4, 0.5) is 23.2 Å². The van der Waals surface area contributed by atoms with Gasteiger partial charge in [0.15, 0.2) is 0 Å². The van der Waals surface area contributed by atoms with Gasteiger partial charge in [-0.05, 0) is 55.8 Å². The first-order valence-corrected chi connectivity index (χ1v) is 8.77. The third-order valence-electron chi connectivity index (χ3n) is 4.77. The molecule has 1 saturated heterocycles. The largest absolute Gasteiger partial charge is 0.418 e. The van der Waals surface area contributed by atoms with Gasteiger partial charge in [-0.25, -0.2) is 4.39 Å². The zero-order chi connectivity index (χ0) is 19.4. The zero-order valence-electron chi connectivity index (χ0n) is 14.6. The highest BCUT2D eigenvalue weighted by molar-refractivity contribution is 5.93. The first kappa shape index (κ1) is 19.4. The number of halogens is 4. The van der Waals surface area contributed by atoms with E-state index in [0.29, 0.717) is 32.5 Å². The van der Waals surface area contributed by atoms with E-state index in [4.69, 9.17) is 0 Å². The molecule has 3 nitrogen and oxygen atoms in total. The van der Waals surface area contributed by atoms with E-state index in [2.05, 4.69) is 10.2 Å². The third kappa shape index (κ3) is 5.07. The summed E-state index contributed by atoms with van der Waals surface area (Å²) in [6.45, 7) is 1.98. The standard InChI is InChI=1S/C20H20F4N2O/c21-16-7-5-14(6-8-16)13-26-11-9-15(10-12-26)19(27)25-18-4-2-1-3-17(18)20(22,23)24/h1-8,15H,9-13H2,(H,25,27). The molecule has 0 aliphatic carbocycles. The van der Waals surface area contributed by atoms with Crippen molar-refractivity contribution in [2.45, 2.75) is 25.6 Å². The third-order valence-corrected chi connectivity index (χ3v) is 4.77. The number of alkyl halides is 3. The van der Waals surface area contributed by atoms with Crippen LogP contribution >= 0.6 is 0 Å². The summed E-state index contributed by atoms with van der Waals surface area (Å²) in [5.41, 5.74) is -0.0609. The van der Waals surface area contributed by atoms with Crippen LogP contribution < -0.4 is 5.32 Å². The topological polar surface area (TPSA) is 32.3 Å². The van der Waals surface area contributed by atoms with Gasteiger partial charge in [0.2, 0.25) is 5.91 Å². The molecule has 27 heavy (non-hydrogen) atoms. The number of carbonyl (C=O) groups is 1. The van der Waals surface area contributed by atoms with Gasteiger partial charge >= 0.3 is 6.18 Å². The summed E-state index contributed by atoms with van der Waals surface area (Å²) in [6.07, 6.45) is -3.37. The number of nitrogens with one attached hydrogen (secondary N) is 1. The van der Waals surface area contributed by atoms with Crippen molar-refractivity contribution in [3.8, 4) is 0 Å². The van der Waals surface area contributed by atoms with E-state index in [-0.39, 0.29) is 23.3 Å². The van der Waals surface area contributed by atoms with Crippen molar-refractivity contribution in [2.75, 3.05) is 18.4 Å². The van der Waals surface area contributed by atoms with E-state index in [0.717, 1.165) is 11.6 Å². The van der Waals surface area contributed by atoms with Crippen LogP contribution in [-0.2, 0) is 17.5 Å². The number of carbonyl (C=O) groups excluding carboxylic acids is 1. The van der Waals surface area contributed by atoms with Gasteiger partial charge in [-0.2, -0.15) is 13.2 Å². The molecule has 144 valence electrons. The van der Waals surface area contributed by atoms with Crippen LogP contribution in [0.5, 0.6) is 0 Å². The number of anilines is 1. The smallest absolute Gasteiger partial charge is 0.325 e. The van der Waals surface area contributed by atoms with Gasteiger partial charge in [-0.3, -0.25) is 9.69 Å². The second kappa shape index (κ2) is 8.08. The highest BCUT2D eigenvalue weighted by Gasteiger charge is 2.34. The summed E-state index contributed by atoms with van der Waals surface area (Å²) in [5, 5.41) is 2.44. The van der Waals surface area contributed by atoms with Crippen molar-refractivity contribution in [3.63, 3.8) is 0 Å². The van der Waals surface area contributed by atoms with E-state index in [9.17, 15) is 22.4 Å². The van der Waals surface area contributed by atoms with Crippen LogP contribution in [0.2, 0.25) is 0 Å². The number of nitrogens with zero attached hydrogens (tertiary/aromatic N) is 1. The van der Waals surface area contributed by atoms with E-state index in [1.54, 1.807) is 12.1 Å². The Morgan fingerprint density at radius 3 is 2.30 bits per heavy atom. The lowest BCUT2D eigenvalue weighted by molar-refractivity contribution is -0.137. The molecular weight excluding hydrogens is 360 g/mol. The predicted octanol–water partition coefficient (Wildman–Crippen LogP) is 4.70. The number of piperidine rings is 1. The molecular formula is C20H20F4N2O. The van der Waals surface area contributed by atoms with E-state index < -0.39 is 11.7 Å². The van der Waals surface area contributed by atoms with Crippen LogP contribution in [0.25, 0.3) is 0 Å². The van der Waals surface area contributed by atoms with Gasteiger partial charge in [0.05, 0.1) is 11.3 Å². The molecule has 3 rings (SSSR count). The molecule has 1 amide bonds. The maximum Gasteiger partial charge on any atom is 0.418 e. The Morgan fingerprint density at radius 2 is 1.67 bits per heavy atom. The normalized spacial score (nSPS) is 16.3. The van der Waals surface area contributed by atoms with Gasteiger partial charge in [0.25, 0.3) is 0 Å². The van der Waals surface area contributed by atoms with Crippen molar-refractivity contribution in [1.29, 1.82) is 0 Å². The number of amides is 1. The Labute approximate surface area is 155 Å². The number of hydrogen-bond acceptors (Lipinski definition) is 2. The van der Waals surface area contributed by atoms with E-state index >= 15 is 0 Å². The van der Waals surface area contributed by atoms with Crippen LogP contribution in [-0.4, -0.2) is 23.9 Å². The van der Waals surface area contributed by atoms with Crippen molar-refractivity contribution < 1.29 is 22.4 Å². The zero-order valence-corrected chi connectivity index (χ0v) is 14.6. The van der Waals surface area contributed by atoms with Crippen molar-refractivity contribution in [2.24, 2.45) is 5.92 Å². The molecule has 0 radical (unpaired) electrons. The van der Waals surface area contributed by atoms with E-state index in [1.165, 1.54) is 30.3 Å². The number of rotatable bonds is 4. The summed E-state index contributed by atoms with van der Waals surface area (Å²) in [4.78, 5) is 14.6. The van der Waals surface area contributed by atoms with Gasteiger partial charge in [0.1, 0.15) is 5.82 Å². The van der Waals surface area contributed by atoms with Gasteiger partial charge in [-0.15, -0.1) is 0 Å². The SMILES string of the molecule is O=C(Nc1ccccc1C(F)(F)F)C1CCN(Cc2ccc(F)cc2)CC1. The molecule has 1 aliphatic heterocycles. The lowest BCUT2D eigenvalue weighted by Gasteiger charge is -2.31. The molecule has 0 bridgehead atoms. The van der Waals surface area contributed by atoms with Crippen molar-refractivity contribution in [3.05, 3.63) is 65.5 Å². The Morgan fingerprint density at radius 1 is 1.04 bits per heavy atom. The fourth-order valence-corrected chi connectivity index (χ4v) is 3.28. The van der Waals surface area contributed by atoms with E-state index in [1.807, 2.05) is 0 Å². The molecule has 0 saturated carbocycles. The molecule has 2 aromatic carbocycles. The minimum atomic E-state index is -4.51. The second-order valence-electron chi connectivity index (χ2n) is 6.71. The summed E-state index contributed by atoms with van der Waals surface area (Å²) in [6, 6.07) is 11.3. The highest BCUT2D eigenvalue weighted by Crippen LogP contribution is 2.35. The van der Waals surface area contributed by atoms with Crippen molar-refractivity contribution in [1.82, 2.24) is 4.90 Å². The molecule has 1 aliphatic rings. The Hall–Kier alpha value is -2.41. The molecule has 0 unspecified atom stereocenters. The predicted molar refractivity (Wildman–Crippen MR) is 94.5 cm³/mol. The maximum absolute atomic E-state index is 13.0. The molecule has 2 aromatic rings. The quantitative estimate of drug-likeness (QED) is 0.780. The number of para-hydroxylation sites is 1.